The fourth-order valence-electron chi connectivity index (χ4n) is 3.24. The van der Waals surface area contributed by atoms with Crippen LogP contribution >= 0.6 is 24.0 Å². The molecule has 5 nitrogen and oxygen atoms in total. The number of rotatable bonds is 6. The normalized spacial score (nSPS) is 14.3. The number of fused-ring (bicyclic) bond motifs is 1. The van der Waals surface area contributed by atoms with Gasteiger partial charge in [-0.3, -0.25) is 4.99 Å². The minimum Gasteiger partial charge on any atom is -0.467 e. The summed E-state index contributed by atoms with van der Waals surface area (Å²) in [6, 6.07) is 11.6. The summed E-state index contributed by atoms with van der Waals surface area (Å²) in [5.41, 5.74) is 4.15. The van der Waals surface area contributed by atoms with Crippen molar-refractivity contribution in [2.24, 2.45) is 4.99 Å². The molecular formula is C22H29FIN3O2. The second kappa shape index (κ2) is 11.3. The molecule has 0 radical (unpaired) electrons. The van der Waals surface area contributed by atoms with E-state index in [9.17, 15) is 4.39 Å². The van der Waals surface area contributed by atoms with Crippen LogP contribution in [0.25, 0.3) is 0 Å². The molecule has 0 fully saturated rings. The van der Waals surface area contributed by atoms with Crippen molar-refractivity contribution < 1.29 is 13.9 Å². The molecule has 1 aliphatic rings. The molecule has 2 N–H and O–H groups in total. The van der Waals surface area contributed by atoms with Crippen molar-refractivity contribution in [3.63, 3.8) is 0 Å². The van der Waals surface area contributed by atoms with Gasteiger partial charge in [-0.1, -0.05) is 36.8 Å². The Hall–Kier alpha value is -1.87. The summed E-state index contributed by atoms with van der Waals surface area (Å²) in [7, 11) is 1.75. The summed E-state index contributed by atoms with van der Waals surface area (Å²) < 4.78 is 24.6. The maximum Gasteiger partial charge on any atom is 0.191 e. The fraction of sp³-hybridized carbons (Fsp3) is 0.409. The molecular weight excluding hydrogens is 484 g/mol. The molecule has 1 aliphatic heterocycles. The van der Waals surface area contributed by atoms with Crippen LogP contribution in [-0.4, -0.2) is 32.9 Å². The Bertz CT molecular complexity index is 828. The van der Waals surface area contributed by atoms with E-state index in [0.717, 1.165) is 29.4 Å². The summed E-state index contributed by atoms with van der Waals surface area (Å²) >= 11 is 0. The molecule has 0 aliphatic carbocycles. The average molecular weight is 513 g/mol. The zero-order valence-electron chi connectivity index (χ0n) is 17.1. The lowest BCUT2D eigenvalue weighted by atomic mass is 10.0. The van der Waals surface area contributed by atoms with Crippen LogP contribution in [0.15, 0.2) is 41.4 Å². The maximum atomic E-state index is 13.8. The van der Waals surface area contributed by atoms with Gasteiger partial charge < -0.3 is 20.1 Å². The van der Waals surface area contributed by atoms with E-state index < -0.39 is 0 Å². The maximum absolute atomic E-state index is 13.8. The van der Waals surface area contributed by atoms with E-state index in [1.807, 2.05) is 0 Å². The van der Waals surface area contributed by atoms with E-state index in [1.165, 1.54) is 23.3 Å². The Kier molecular flexibility index (Phi) is 9.16. The highest BCUT2D eigenvalue weighted by Gasteiger charge is 2.17. The number of halogens is 2. The van der Waals surface area contributed by atoms with E-state index in [0.29, 0.717) is 25.5 Å². The molecule has 1 heterocycles. The number of aryl methyl sites for hydroxylation is 1. The van der Waals surface area contributed by atoms with E-state index in [2.05, 4.69) is 53.7 Å². The lowest BCUT2D eigenvalue weighted by molar-refractivity contribution is -0.0172. The van der Waals surface area contributed by atoms with Crippen molar-refractivity contribution in [1.29, 1.82) is 0 Å². The highest BCUT2D eigenvalue weighted by atomic mass is 127. The van der Waals surface area contributed by atoms with Crippen LogP contribution in [0.3, 0.4) is 0 Å². The Morgan fingerprint density at radius 3 is 2.69 bits per heavy atom. The highest BCUT2D eigenvalue weighted by Crippen LogP contribution is 2.29. The van der Waals surface area contributed by atoms with E-state index in [-0.39, 0.29) is 36.6 Å². The van der Waals surface area contributed by atoms with Gasteiger partial charge in [0.05, 0.1) is 6.61 Å². The number of ether oxygens (including phenoxy) is 2. The lowest BCUT2D eigenvalue weighted by Gasteiger charge is -2.21. The number of hydrogen-bond donors (Lipinski definition) is 2. The number of aliphatic imine (C=N–C) groups is 1. The molecule has 0 amide bonds. The van der Waals surface area contributed by atoms with Gasteiger partial charge in [-0.2, -0.15) is 0 Å². The summed E-state index contributed by atoms with van der Waals surface area (Å²) in [5.74, 6) is 1.57. The first-order valence-electron chi connectivity index (χ1n) is 9.59. The standard InChI is InChI=1S/C22H28FN3O2.HI/c1-15-4-6-17(7-5-15)16(2)12-26-22(24-3)25-9-8-18-10-20(23)11-19-13-27-14-28-21(18)19;/h4-7,10-11,16H,8-9,12-14H2,1-3H3,(H2,24,25,26);1H. The molecule has 158 valence electrons. The van der Waals surface area contributed by atoms with Crippen LogP contribution in [-0.2, 0) is 17.8 Å². The number of benzene rings is 2. The van der Waals surface area contributed by atoms with E-state index >= 15 is 0 Å². The number of hydrogen-bond acceptors (Lipinski definition) is 3. The Morgan fingerprint density at radius 2 is 1.97 bits per heavy atom. The zero-order chi connectivity index (χ0) is 19.9. The third-order valence-corrected chi connectivity index (χ3v) is 4.88. The molecule has 3 rings (SSSR count). The zero-order valence-corrected chi connectivity index (χ0v) is 19.5. The third kappa shape index (κ3) is 6.57. The molecule has 1 unspecified atom stereocenters. The van der Waals surface area contributed by atoms with Gasteiger partial charge in [-0.15, -0.1) is 24.0 Å². The molecule has 7 heteroatoms. The number of nitrogens with one attached hydrogen (secondary N) is 2. The first kappa shape index (κ1) is 23.4. The first-order chi connectivity index (χ1) is 13.6. The SMILES string of the molecule is CN=C(NCCc1cc(F)cc2c1OCOC2)NCC(C)c1ccc(C)cc1.I. The molecule has 0 saturated carbocycles. The van der Waals surface area contributed by atoms with E-state index in [1.54, 1.807) is 7.05 Å². The fourth-order valence-corrected chi connectivity index (χ4v) is 3.24. The molecule has 0 spiro atoms. The second-order valence-corrected chi connectivity index (χ2v) is 7.11. The van der Waals surface area contributed by atoms with Crippen molar-refractivity contribution in [3.8, 4) is 5.75 Å². The third-order valence-electron chi connectivity index (χ3n) is 4.88. The van der Waals surface area contributed by atoms with Gasteiger partial charge >= 0.3 is 0 Å². The molecule has 0 bridgehead atoms. The average Bonchev–Trinajstić information content (AvgIpc) is 2.70. The van der Waals surface area contributed by atoms with Crippen molar-refractivity contribution in [1.82, 2.24) is 10.6 Å². The smallest absolute Gasteiger partial charge is 0.191 e. The van der Waals surface area contributed by atoms with Gasteiger partial charge in [0.1, 0.15) is 11.6 Å². The first-order valence-corrected chi connectivity index (χ1v) is 9.59. The van der Waals surface area contributed by atoms with Crippen LogP contribution in [0.2, 0.25) is 0 Å². The van der Waals surface area contributed by atoms with Crippen LogP contribution in [0.1, 0.15) is 35.1 Å². The van der Waals surface area contributed by atoms with Crippen LogP contribution < -0.4 is 15.4 Å². The molecule has 2 aromatic rings. The van der Waals surface area contributed by atoms with Gasteiger partial charge in [0.15, 0.2) is 12.8 Å². The summed E-state index contributed by atoms with van der Waals surface area (Å²) in [6.07, 6.45) is 0.633. The highest BCUT2D eigenvalue weighted by molar-refractivity contribution is 14.0. The van der Waals surface area contributed by atoms with Crippen LogP contribution in [0.5, 0.6) is 5.75 Å². The van der Waals surface area contributed by atoms with Crippen LogP contribution in [0, 0.1) is 12.7 Å². The van der Waals surface area contributed by atoms with Gasteiger partial charge in [0.25, 0.3) is 0 Å². The monoisotopic (exact) mass is 513 g/mol. The predicted molar refractivity (Wildman–Crippen MR) is 125 cm³/mol. The van der Waals surface area contributed by atoms with Gasteiger partial charge in [-0.05, 0) is 42.5 Å². The van der Waals surface area contributed by atoms with Crippen molar-refractivity contribution in [2.45, 2.75) is 32.8 Å². The van der Waals surface area contributed by atoms with Crippen molar-refractivity contribution in [3.05, 3.63) is 64.5 Å². The Balaban J connectivity index is 0.00000300. The van der Waals surface area contributed by atoms with Gasteiger partial charge in [0, 0.05) is 25.7 Å². The largest absolute Gasteiger partial charge is 0.467 e. The van der Waals surface area contributed by atoms with Crippen molar-refractivity contribution >= 4 is 29.9 Å². The molecule has 29 heavy (non-hydrogen) atoms. The second-order valence-electron chi connectivity index (χ2n) is 7.11. The van der Waals surface area contributed by atoms with Gasteiger partial charge in [0.2, 0.25) is 0 Å². The molecule has 0 saturated heterocycles. The molecule has 0 aromatic heterocycles. The minimum absolute atomic E-state index is 0. The van der Waals surface area contributed by atoms with Crippen LogP contribution in [0.4, 0.5) is 4.39 Å². The minimum atomic E-state index is -0.266. The topological polar surface area (TPSA) is 54.9 Å². The molecule has 1 atom stereocenters. The number of nitrogens with zero attached hydrogens (tertiary/aromatic N) is 1. The predicted octanol–water partition coefficient (Wildman–Crippen LogP) is 4.13. The Morgan fingerprint density at radius 1 is 1.21 bits per heavy atom. The van der Waals surface area contributed by atoms with Gasteiger partial charge in [-0.25, -0.2) is 4.39 Å². The summed E-state index contributed by atoms with van der Waals surface area (Å²) in [6.45, 7) is 6.26. The lowest BCUT2D eigenvalue weighted by Crippen LogP contribution is -2.40. The quantitative estimate of drug-likeness (QED) is 0.347. The van der Waals surface area contributed by atoms with E-state index in [4.69, 9.17) is 9.47 Å². The Labute approximate surface area is 189 Å². The number of guanidine groups is 1. The molecule has 2 aromatic carbocycles. The summed E-state index contributed by atoms with van der Waals surface area (Å²) in [5, 5.41) is 6.65. The summed E-state index contributed by atoms with van der Waals surface area (Å²) in [4.78, 5) is 4.27. The van der Waals surface area contributed by atoms with Crippen molar-refractivity contribution in [2.75, 3.05) is 26.9 Å².